The molecule has 1 aliphatic heterocycles. The van der Waals surface area contributed by atoms with Gasteiger partial charge < -0.3 is 10.6 Å². The van der Waals surface area contributed by atoms with Crippen molar-refractivity contribution in [3.63, 3.8) is 0 Å². The number of hydrogen-bond acceptors (Lipinski definition) is 4. The Morgan fingerprint density at radius 3 is 3.05 bits per heavy atom. The van der Waals surface area contributed by atoms with Gasteiger partial charge >= 0.3 is 0 Å². The molecule has 3 rings (SSSR count). The highest BCUT2D eigenvalue weighted by molar-refractivity contribution is 5.92. The van der Waals surface area contributed by atoms with Gasteiger partial charge in [-0.15, -0.1) is 5.10 Å². The van der Waals surface area contributed by atoms with Crippen LogP contribution in [0.3, 0.4) is 0 Å². The largest absolute Gasteiger partial charge is 0.336 e. The molecule has 0 unspecified atom stereocenters. The Labute approximate surface area is 121 Å². The Morgan fingerprint density at radius 1 is 1.48 bits per heavy atom. The van der Waals surface area contributed by atoms with E-state index in [1.54, 1.807) is 23.2 Å². The fourth-order valence-electron chi connectivity index (χ4n) is 2.43. The van der Waals surface area contributed by atoms with Crippen molar-refractivity contribution < 1.29 is 9.18 Å². The van der Waals surface area contributed by atoms with Crippen LogP contribution in [0.25, 0.3) is 0 Å². The number of likely N-dealkylation sites (tertiary alicyclic amines) is 1. The van der Waals surface area contributed by atoms with Gasteiger partial charge in [-0.2, -0.15) is 0 Å². The summed E-state index contributed by atoms with van der Waals surface area (Å²) in [6.07, 6.45) is 2.39. The van der Waals surface area contributed by atoms with E-state index in [9.17, 15) is 9.18 Å². The van der Waals surface area contributed by atoms with Gasteiger partial charge in [0.15, 0.2) is 5.69 Å². The molecule has 0 aliphatic carbocycles. The minimum absolute atomic E-state index is 0.0382. The lowest BCUT2D eigenvalue weighted by Crippen LogP contribution is -2.32. The Hall–Kier alpha value is -2.28. The summed E-state index contributed by atoms with van der Waals surface area (Å²) in [5, 5.41) is 7.81. The zero-order valence-electron chi connectivity index (χ0n) is 11.4. The Morgan fingerprint density at radius 2 is 2.33 bits per heavy atom. The van der Waals surface area contributed by atoms with Crippen LogP contribution in [0.2, 0.25) is 0 Å². The number of amides is 1. The number of hydrogen-bond donors (Lipinski definition) is 1. The summed E-state index contributed by atoms with van der Waals surface area (Å²) in [6.45, 7) is 1.57. The summed E-state index contributed by atoms with van der Waals surface area (Å²) in [4.78, 5) is 13.9. The van der Waals surface area contributed by atoms with Gasteiger partial charge in [0.2, 0.25) is 0 Å². The predicted octanol–water partition coefficient (Wildman–Crippen LogP) is 0.639. The third kappa shape index (κ3) is 3.08. The van der Waals surface area contributed by atoms with Crippen LogP contribution < -0.4 is 5.73 Å². The monoisotopic (exact) mass is 289 g/mol. The lowest BCUT2D eigenvalue weighted by atomic mass is 10.2. The number of halogens is 1. The average molecular weight is 289 g/mol. The smallest absolute Gasteiger partial charge is 0.276 e. The number of nitrogens with two attached hydrogens (primary N) is 1. The molecule has 21 heavy (non-hydrogen) atoms. The topological polar surface area (TPSA) is 77.0 Å². The van der Waals surface area contributed by atoms with Crippen LogP contribution in [0.4, 0.5) is 4.39 Å². The zero-order chi connectivity index (χ0) is 14.8. The van der Waals surface area contributed by atoms with E-state index in [0.717, 1.165) is 12.0 Å². The molecule has 2 aromatic rings. The van der Waals surface area contributed by atoms with Crippen molar-refractivity contribution in [3.8, 4) is 0 Å². The first-order valence-electron chi connectivity index (χ1n) is 6.81. The molecule has 1 aromatic heterocycles. The second-order valence-electron chi connectivity index (χ2n) is 5.23. The van der Waals surface area contributed by atoms with E-state index < -0.39 is 0 Å². The third-order valence-electron chi connectivity index (χ3n) is 3.50. The molecule has 1 atom stereocenters. The normalized spacial score (nSPS) is 18.2. The molecule has 0 radical (unpaired) electrons. The lowest BCUT2D eigenvalue weighted by Gasteiger charge is -2.13. The maximum absolute atomic E-state index is 13.1. The van der Waals surface area contributed by atoms with Crippen LogP contribution in [0.1, 0.15) is 22.5 Å². The molecular weight excluding hydrogens is 273 g/mol. The van der Waals surface area contributed by atoms with Gasteiger partial charge in [0, 0.05) is 19.1 Å². The van der Waals surface area contributed by atoms with Crippen molar-refractivity contribution in [1.82, 2.24) is 19.9 Å². The average Bonchev–Trinajstić information content (AvgIpc) is 3.07. The van der Waals surface area contributed by atoms with Crippen LogP contribution in [-0.4, -0.2) is 44.9 Å². The van der Waals surface area contributed by atoms with Crippen molar-refractivity contribution in [2.24, 2.45) is 5.73 Å². The molecule has 2 heterocycles. The van der Waals surface area contributed by atoms with Crippen LogP contribution in [-0.2, 0) is 6.54 Å². The van der Waals surface area contributed by atoms with E-state index in [1.807, 2.05) is 0 Å². The zero-order valence-corrected chi connectivity index (χ0v) is 11.4. The highest BCUT2D eigenvalue weighted by atomic mass is 19.1. The van der Waals surface area contributed by atoms with Crippen molar-refractivity contribution in [2.75, 3.05) is 13.1 Å². The number of benzene rings is 1. The molecule has 1 saturated heterocycles. The highest BCUT2D eigenvalue weighted by Crippen LogP contribution is 2.11. The molecule has 0 saturated carbocycles. The van der Waals surface area contributed by atoms with Crippen molar-refractivity contribution in [1.29, 1.82) is 0 Å². The standard InChI is InChI=1S/C14H16FN5O/c15-11-3-1-2-10(6-11)7-20-9-13(17-18-20)14(21)19-5-4-12(16)8-19/h1-3,6,9,12H,4-5,7-8,16H2/t12-/m0/s1. The summed E-state index contributed by atoms with van der Waals surface area (Å²) in [5.74, 6) is -0.455. The lowest BCUT2D eigenvalue weighted by molar-refractivity contribution is 0.0785. The third-order valence-corrected chi connectivity index (χ3v) is 3.50. The first kappa shape index (κ1) is 13.7. The van der Waals surface area contributed by atoms with Crippen LogP contribution in [0.15, 0.2) is 30.5 Å². The van der Waals surface area contributed by atoms with E-state index in [2.05, 4.69) is 10.3 Å². The summed E-state index contributed by atoms with van der Waals surface area (Å²) in [5.41, 5.74) is 6.85. The van der Waals surface area contributed by atoms with Gasteiger partial charge in [0.25, 0.3) is 5.91 Å². The second-order valence-corrected chi connectivity index (χ2v) is 5.23. The molecule has 2 N–H and O–H groups in total. The maximum atomic E-state index is 13.1. The van der Waals surface area contributed by atoms with Gasteiger partial charge in [-0.05, 0) is 24.1 Å². The molecule has 1 aromatic carbocycles. The van der Waals surface area contributed by atoms with E-state index in [1.165, 1.54) is 16.8 Å². The summed E-state index contributed by atoms with van der Waals surface area (Å²) >= 11 is 0. The molecule has 0 bridgehead atoms. The SMILES string of the molecule is N[C@H]1CCN(C(=O)c2cn(Cc3cccc(F)c3)nn2)C1. The highest BCUT2D eigenvalue weighted by Gasteiger charge is 2.26. The van der Waals surface area contributed by atoms with Crippen molar-refractivity contribution >= 4 is 5.91 Å². The van der Waals surface area contributed by atoms with Crippen LogP contribution in [0.5, 0.6) is 0 Å². The minimum Gasteiger partial charge on any atom is -0.336 e. The molecule has 6 nitrogen and oxygen atoms in total. The summed E-state index contributed by atoms with van der Waals surface area (Å²) in [7, 11) is 0. The Bertz CT molecular complexity index is 656. The van der Waals surface area contributed by atoms with Gasteiger partial charge in [-0.25, -0.2) is 9.07 Å². The molecule has 1 aliphatic rings. The quantitative estimate of drug-likeness (QED) is 0.899. The van der Waals surface area contributed by atoms with Gasteiger partial charge in [0.1, 0.15) is 5.82 Å². The van der Waals surface area contributed by atoms with Gasteiger partial charge in [-0.3, -0.25) is 4.79 Å². The maximum Gasteiger partial charge on any atom is 0.276 e. The summed E-state index contributed by atoms with van der Waals surface area (Å²) < 4.78 is 14.7. The fraction of sp³-hybridized carbons (Fsp3) is 0.357. The molecule has 1 amide bonds. The van der Waals surface area contributed by atoms with Crippen LogP contribution in [0, 0.1) is 5.82 Å². The first-order chi connectivity index (χ1) is 10.1. The molecule has 0 spiro atoms. The Kier molecular flexibility index (Phi) is 3.66. The van der Waals surface area contributed by atoms with Crippen molar-refractivity contribution in [3.05, 3.63) is 47.5 Å². The fourth-order valence-corrected chi connectivity index (χ4v) is 2.43. The second kappa shape index (κ2) is 5.61. The molecule has 7 heteroatoms. The van der Waals surface area contributed by atoms with E-state index in [-0.39, 0.29) is 17.8 Å². The predicted molar refractivity (Wildman–Crippen MR) is 74.0 cm³/mol. The minimum atomic E-state index is -0.296. The van der Waals surface area contributed by atoms with E-state index in [0.29, 0.717) is 25.3 Å². The van der Waals surface area contributed by atoms with E-state index >= 15 is 0 Å². The molecule has 110 valence electrons. The van der Waals surface area contributed by atoms with Gasteiger partial charge in [-0.1, -0.05) is 17.3 Å². The number of carbonyl (C=O) groups is 1. The van der Waals surface area contributed by atoms with E-state index in [4.69, 9.17) is 5.73 Å². The number of nitrogens with zero attached hydrogens (tertiary/aromatic N) is 4. The molecule has 1 fully saturated rings. The van der Waals surface area contributed by atoms with Crippen LogP contribution >= 0.6 is 0 Å². The van der Waals surface area contributed by atoms with Gasteiger partial charge in [0.05, 0.1) is 12.7 Å². The van der Waals surface area contributed by atoms with Crippen molar-refractivity contribution in [2.45, 2.75) is 19.0 Å². The number of rotatable bonds is 3. The number of aromatic nitrogens is 3. The molecular formula is C14H16FN5O. The Balaban J connectivity index is 1.70. The first-order valence-corrected chi connectivity index (χ1v) is 6.81. The summed E-state index contributed by atoms with van der Waals surface area (Å²) in [6, 6.07) is 6.29. The number of carbonyl (C=O) groups excluding carboxylic acids is 1.